The van der Waals surface area contributed by atoms with Crippen molar-refractivity contribution in [2.45, 2.75) is 12.6 Å². The Morgan fingerprint density at radius 2 is 2.13 bits per heavy atom. The molecule has 1 fully saturated rings. The Labute approximate surface area is 99.3 Å². The van der Waals surface area contributed by atoms with Crippen LogP contribution in [-0.4, -0.2) is 32.7 Å². The number of hydrogen-bond donors (Lipinski definition) is 1. The van der Waals surface area contributed by atoms with Gasteiger partial charge in [-0.1, -0.05) is 54.3 Å². The van der Waals surface area contributed by atoms with Crippen LogP contribution in [0.25, 0.3) is 0 Å². The molecule has 2 nitrogen and oxygen atoms in total. The zero-order valence-corrected chi connectivity index (χ0v) is 9.93. The van der Waals surface area contributed by atoms with E-state index < -0.39 is 0 Å². The molecule has 1 heterocycles. The van der Waals surface area contributed by atoms with Gasteiger partial charge in [-0.25, -0.2) is 0 Å². The standard InChI is InChI=1S/C11H13NOS2/c13-7-10-8-15-11(14)12(10)6-9-4-2-1-3-5-9/h1-5,10,13H,6-8H2/t10-/m0/s1. The fourth-order valence-corrected chi connectivity index (χ4v) is 3.03. The summed E-state index contributed by atoms with van der Waals surface area (Å²) in [4.78, 5) is 2.11. The zero-order valence-electron chi connectivity index (χ0n) is 8.30. The van der Waals surface area contributed by atoms with E-state index in [1.165, 1.54) is 5.56 Å². The largest absolute Gasteiger partial charge is 0.394 e. The van der Waals surface area contributed by atoms with Gasteiger partial charge in [0.25, 0.3) is 0 Å². The summed E-state index contributed by atoms with van der Waals surface area (Å²) in [5.41, 5.74) is 1.24. The molecule has 0 aliphatic carbocycles. The molecule has 0 saturated carbocycles. The summed E-state index contributed by atoms with van der Waals surface area (Å²) in [6.45, 7) is 0.984. The van der Waals surface area contributed by atoms with Crippen molar-refractivity contribution >= 4 is 28.3 Å². The minimum atomic E-state index is 0.181. The van der Waals surface area contributed by atoms with Crippen molar-refractivity contribution in [3.63, 3.8) is 0 Å². The van der Waals surface area contributed by atoms with Crippen LogP contribution in [0.1, 0.15) is 5.56 Å². The van der Waals surface area contributed by atoms with E-state index in [0.29, 0.717) is 0 Å². The second-order valence-electron chi connectivity index (χ2n) is 3.53. The van der Waals surface area contributed by atoms with Gasteiger partial charge in [-0.05, 0) is 5.56 Å². The number of rotatable bonds is 3. The molecule has 1 saturated heterocycles. The van der Waals surface area contributed by atoms with Crippen LogP contribution in [0.15, 0.2) is 30.3 Å². The van der Waals surface area contributed by atoms with Gasteiger partial charge in [0, 0.05) is 12.3 Å². The first-order valence-electron chi connectivity index (χ1n) is 4.89. The van der Waals surface area contributed by atoms with E-state index in [4.69, 9.17) is 12.2 Å². The third-order valence-corrected chi connectivity index (χ3v) is 4.10. The summed E-state index contributed by atoms with van der Waals surface area (Å²) in [5, 5.41) is 9.22. The fraction of sp³-hybridized carbons (Fsp3) is 0.364. The minimum Gasteiger partial charge on any atom is -0.394 e. The molecule has 0 unspecified atom stereocenters. The van der Waals surface area contributed by atoms with Crippen molar-refractivity contribution in [1.82, 2.24) is 4.90 Å². The zero-order chi connectivity index (χ0) is 10.7. The summed E-state index contributed by atoms with van der Waals surface area (Å²) < 4.78 is 0.901. The highest BCUT2D eigenvalue weighted by molar-refractivity contribution is 8.23. The van der Waals surface area contributed by atoms with Gasteiger partial charge in [-0.2, -0.15) is 0 Å². The molecule has 1 aromatic rings. The minimum absolute atomic E-state index is 0.181. The normalized spacial score (nSPS) is 21.0. The van der Waals surface area contributed by atoms with Crippen molar-refractivity contribution in [2.75, 3.05) is 12.4 Å². The second kappa shape index (κ2) is 4.96. The fourth-order valence-electron chi connectivity index (χ4n) is 1.61. The Morgan fingerprint density at radius 3 is 2.80 bits per heavy atom. The second-order valence-corrected chi connectivity index (χ2v) is 5.18. The SMILES string of the molecule is OC[C@H]1CSC(=S)N1Cc1ccccc1. The van der Waals surface area contributed by atoms with Crippen LogP contribution in [0.2, 0.25) is 0 Å². The Kier molecular flexibility index (Phi) is 3.61. The third kappa shape index (κ3) is 2.51. The molecule has 1 N–H and O–H groups in total. The van der Waals surface area contributed by atoms with Crippen LogP contribution < -0.4 is 0 Å². The van der Waals surface area contributed by atoms with Crippen LogP contribution in [0.4, 0.5) is 0 Å². The molecule has 0 bridgehead atoms. The number of thiocarbonyl (C=S) groups is 1. The molecule has 4 heteroatoms. The average molecular weight is 239 g/mol. The number of hydrogen-bond acceptors (Lipinski definition) is 3. The summed E-state index contributed by atoms with van der Waals surface area (Å²) >= 11 is 6.92. The molecule has 0 spiro atoms. The summed E-state index contributed by atoms with van der Waals surface area (Å²) in [7, 11) is 0. The molecular formula is C11H13NOS2. The van der Waals surface area contributed by atoms with Crippen LogP contribution in [-0.2, 0) is 6.54 Å². The highest BCUT2D eigenvalue weighted by Gasteiger charge is 2.27. The van der Waals surface area contributed by atoms with Gasteiger partial charge in [-0.15, -0.1) is 0 Å². The first-order chi connectivity index (χ1) is 7.31. The van der Waals surface area contributed by atoms with Crippen LogP contribution in [0.5, 0.6) is 0 Å². The Morgan fingerprint density at radius 1 is 1.40 bits per heavy atom. The number of benzene rings is 1. The summed E-state index contributed by atoms with van der Waals surface area (Å²) in [5.74, 6) is 0.905. The lowest BCUT2D eigenvalue weighted by atomic mass is 10.2. The highest BCUT2D eigenvalue weighted by Crippen LogP contribution is 2.25. The van der Waals surface area contributed by atoms with Crippen LogP contribution in [0, 0.1) is 0 Å². The first kappa shape index (κ1) is 10.9. The highest BCUT2D eigenvalue weighted by atomic mass is 32.2. The molecule has 2 rings (SSSR count). The van der Waals surface area contributed by atoms with E-state index >= 15 is 0 Å². The van der Waals surface area contributed by atoms with E-state index in [1.807, 2.05) is 18.2 Å². The lowest BCUT2D eigenvalue weighted by Gasteiger charge is -2.23. The van der Waals surface area contributed by atoms with Gasteiger partial charge in [0.1, 0.15) is 4.32 Å². The van der Waals surface area contributed by atoms with Gasteiger partial charge in [0.15, 0.2) is 0 Å². The lowest BCUT2D eigenvalue weighted by Crippen LogP contribution is -2.35. The van der Waals surface area contributed by atoms with E-state index in [-0.39, 0.29) is 12.6 Å². The molecule has 1 atom stereocenters. The molecule has 15 heavy (non-hydrogen) atoms. The van der Waals surface area contributed by atoms with Gasteiger partial charge in [-0.3, -0.25) is 0 Å². The lowest BCUT2D eigenvalue weighted by molar-refractivity contribution is 0.199. The smallest absolute Gasteiger partial charge is 0.137 e. The molecule has 0 aromatic heterocycles. The van der Waals surface area contributed by atoms with Crippen molar-refractivity contribution < 1.29 is 5.11 Å². The van der Waals surface area contributed by atoms with E-state index in [2.05, 4.69) is 17.0 Å². The molecule has 0 amide bonds. The van der Waals surface area contributed by atoms with Crippen molar-refractivity contribution in [2.24, 2.45) is 0 Å². The maximum absolute atomic E-state index is 9.22. The molecular weight excluding hydrogens is 226 g/mol. The van der Waals surface area contributed by atoms with Crippen molar-refractivity contribution in [1.29, 1.82) is 0 Å². The van der Waals surface area contributed by atoms with Gasteiger partial charge in [0.05, 0.1) is 12.6 Å². The molecule has 80 valence electrons. The molecule has 1 aromatic carbocycles. The van der Waals surface area contributed by atoms with Gasteiger partial charge >= 0.3 is 0 Å². The summed E-state index contributed by atoms with van der Waals surface area (Å²) in [6.07, 6.45) is 0. The predicted molar refractivity (Wildman–Crippen MR) is 67.9 cm³/mol. The Bertz CT molecular complexity index is 342. The Hall–Kier alpha value is -0.580. The van der Waals surface area contributed by atoms with E-state index in [0.717, 1.165) is 16.6 Å². The average Bonchev–Trinajstić information content (AvgIpc) is 2.62. The monoisotopic (exact) mass is 239 g/mol. The van der Waals surface area contributed by atoms with Gasteiger partial charge < -0.3 is 10.0 Å². The van der Waals surface area contributed by atoms with Gasteiger partial charge in [0.2, 0.25) is 0 Å². The molecule has 1 aliphatic heterocycles. The van der Waals surface area contributed by atoms with Crippen molar-refractivity contribution in [3.8, 4) is 0 Å². The van der Waals surface area contributed by atoms with E-state index in [9.17, 15) is 5.11 Å². The quantitative estimate of drug-likeness (QED) is 0.814. The number of nitrogens with zero attached hydrogens (tertiary/aromatic N) is 1. The third-order valence-electron chi connectivity index (χ3n) is 2.48. The van der Waals surface area contributed by atoms with Crippen LogP contribution in [0.3, 0.4) is 0 Å². The first-order valence-corrected chi connectivity index (χ1v) is 6.29. The van der Waals surface area contributed by atoms with E-state index in [1.54, 1.807) is 11.8 Å². The number of thioether (sulfide) groups is 1. The molecule has 1 aliphatic rings. The maximum Gasteiger partial charge on any atom is 0.137 e. The number of aliphatic hydroxyl groups excluding tert-OH is 1. The maximum atomic E-state index is 9.22. The van der Waals surface area contributed by atoms with Crippen LogP contribution >= 0.6 is 24.0 Å². The van der Waals surface area contributed by atoms with Crippen molar-refractivity contribution in [3.05, 3.63) is 35.9 Å². The number of aliphatic hydroxyl groups is 1. The molecule has 0 radical (unpaired) electrons. The topological polar surface area (TPSA) is 23.5 Å². The predicted octanol–water partition coefficient (Wildman–Crippen LogP) is 1.88. The summed E-state index contributed by atoms with van der Waals surface area (Å²) in [6, 6.07) is 10.4. The Balaban J connectivity index is 2.07.